The SMILES string of the molecule is Cc1nc(=O)on1C(=O)[O-].[K+]. The Hall–Kier alpha value is 0.0464. The number of carbonyl (C=O) groups excluding carboxylic acids is 1. The minimum atomic E-state index is -1.60. The van der Waals surface area contributed by atoms with E-state index in [9.17, 15) is 14.7 Å². The Morgan fingerprint density at radius 1 is 1.73 bits per heavy atom. The van der Waals surface area contributed by atoms with Gasteiger partial charge in [0.15, 0.2) is 11.9 Å². The predicted molar refractivity (Wildman–Crippen MR) is 26.3 cm³/mol. The van der Waals surface area contributed by atoms with Crippen LogP contribution in [0.1, 0.15) is 5.82 Å². The first kappa shape index (κ1) is 11.0. The summed E-state index contributed by atoms with van der Waals surface area (Å²) in [6.07, 6.45) is -1.60. The zero-order valence-corrected chi connectivity index (χ0v) is 9.15. The molecule has 0 atom stereocenters. The third-order valence-corrected chi connectivity index (χ3v) is 0.882. The molecule has 0 N–H and O–H groups in total. The normalized spacial score (nSPS) is 8.82. The minimum absolute atomic E-state index is 0. The average Bonchev–Trinajstić information content (AvgIpc) is 2.10. The molecular weight excluding hydrogens is 179 g/mol. The summed E-state index contributed by atoms with van der Waals surface area (Å²) in [4.78, 5) is 23.4. The first-order valence-electron chi connectivity index (χ1n) is 2.39. The molecule has 0 aliphatic carbocycles. The van der Waals surface area contributed by atoms with Gasteiger partial charge in [-0.15, -0.1) is 4.74 Å². The van der Waals surface area contributed by atoms with Gasteiger partial charge in [0.05, 0.1) is 0 Å². The second kappa shape index (κ2) is 4.17. The van der Waals surface area contributed by atoms with E-state index in [1.165, 1.54) is 6.92 Å². The van der Waals surface area contributed by atoms with Crippen molar-refractivity contribution in [2.24, 2.45) is 0 Å². The number of rotatable bonds is 0. The quantitative estimate of drug-likeness (QED) is 0.376. The Labute approximate surface area is 104 Å². The third kappa shape index (κ3) is 2.53. The van der Waals surface area contributed by atoms with Crippen molar-refractivity contribution in [3.05, 3.63) is 16.4 Å². The van der Waals surface area contributed by atoms with Gasteiger partial charge in [0.25, 0.3) is 0 Å². The maximum atomic E-state index is 10.2. The van der Waals surface area contributed by atoms with E-state index < -0.39 is 11.8 Å². The van der Waals surface area contributed by atoms with Crippen LogP contribution in [0.2, 0.25) is 0 Å². The molecule has 0 aliphatic heterocycles. The summed E-state index contributed by atoms with van der Waals surface area (Å²) in [5.74, 6) is -0.980. The van der Waals surface area contributed by atoms with Gasteiger partial charge < -0.3 is 14.4 Å². The fourth-order valence-corrected chi connectivity index (χ4v) is 0.511. The van der Waals surface area contributed by atoms with Crippen LogP contribution in [0.3, 0.4) is 0 Å². The monoisotopic (exact) mass is 182 g/mol. The van der Waals surface area contributed by atoms with Gasteiger partial charge >= 0.3 is 57.1 Å². The molecule has 0 fully saturated rings. The number of hydrogen-bond donors (Lipinski definition) is 0. The zero-order chi connectivity index (χ0) is 7.72. The number of nitrogens with zero attached hydrogens (tertiary/aromatic N) is 2. The topological polar surface area (TPSA) is 88.2 Å². The summed E-state index contributed by atoms with van der Waals surface area (Å²) in [5, 5.41) is 10.0. The van der Waals surface area contributed by atoms with E-state index >= 15 is 0 Å². The average molecular weight is 182 g/mol. The van der Waals surface area contributed by atoms with Crippen molar-refractivity contribution < 1.29 is 65.8 Å². The standard InChI is InChI=1S/C4H4N2O4.K/c1-2-5-3(7)10-6(2)4(8)9;/h1H3,(H,8,9);/q;+1/p-1. The van der Waals surface area contributed by atoms with Crippen molar-refractivity contribution in [2.75, 3.05) is 0 Å². The Kier molecular flexibility index (Phi) is 4.18. The van der Waals surface area contributed by atoms with E-state index in [4.69, 9.17) is 0 Å². The molecule has 0 saturated carbocycles. The van der Waals surface area contributed by atoms with Gasteiger partial charge in [0.1, 0.15) is 0 Å². The van der Waals surface area contributed by atoms with E-state index in [0.29, 0.717) is 4.74 Å². The molecule has 11 heavy (non-hydrogen) atoms. The fourth-order valence-electron chi connectivity index (χ4n) is 0.511. The van der Waals surface area contributed by atoms with Crippen molar-refractivity contribution in [1.82, 2.24) is 9.72 Å². The Morgan fingerprint density at radius 3 is 2.45 bits per heavy atom. The summed E-state index contributed by atoms with van der Waals surface area (Å²) in [5.41, 5.74) is 0. The van der Waals surface area contributed by atoms with Gasteiger partial charge in [-0.3, -0.25) is 0 Å². The molecule has 0 spiro atoms. The number of aromatic nitrogens is 2. The number of hydrogen-bond acceptors (Lipinski definition) is 5. The molecule has 1 rings (SSSR count). The Morgan fingerprint density at radius 2 is 2.27 bits per heavy atom. The summed E-state index contributed by atoms with van der Waals surface area (Å²) < 4.78 is 4.36. The fraction of sp³-hybridized carbons (Fsp3) is 0.250. The van der Waals surface area contributed by atoms with Gasteiger partial charge in [-0.2, -0.15) is 4.98 Å². The predicted octanol–water partition coefficient (Wildman–Crippen LogP) is -4.66. The summed E-state index contributed by atoms with van der Waals surface area (Å²) >= 11 is 0. The van der Waals surface area contributed by atoms with Crippen LogP contribution in [0.5, 0.6) is 0 Å². The molecule has 1 heterocycles. The Bertz CT molecular complexity index is 314. The van der Waals surface area contributed by atoms with Crippen LogP contribution >= 0.6 is 0 Å². The van der Waals surface area contributed by atoms with E-state index in [1.807, 2.05) is 0 Å². The van der Waals surface area contributed by atoms with E-state index in [1.54, 1.807) is 0 Å². The third-order valence-electron chi connectivity index (χ3n) is 0.882. The maximum Gasteiger partial charge on any atom is 1.00 e. The van der Waals surface area contributed by atoms with Gasteiger partial charge in [0, 0.05) is 0 Å². The maximum absolute atomic E-state index is 10.2. The first-order chi connectivity index (χ1) is 4.61. The van der Waals surface area contributed by atoms with Crippen molar-refractivity contribution in [3.63, 3.8) is 0 Å². The zero-order valence-electron chi connectivity index (χ0n) is 6.03. The van der Waals surface area contributed by atoms with Gasteiger partial charge in [-0.25, -0.2) is 4.79 Å². The summed E-state index contributed by atoms with van der Waals surface area (Å²) in [7, 11) is 0. The summed E-state index contributed by atoms with van der Waals surface area (Å²) in [6.45, 7) is 1.32. The molecule has 1 aromatic heterocycles. The largest absolute Gasteiger partial charge is 1.00 e. The van der Waals surface area contributed by atoms with Crippen molar-refractivity contribution >= 4 is 6.09 Å². The van der Waals surface area contributed by atoms with E-state index in [2.05, 4.69) is 9.51 Å². The van der Waals surface area contributed by atoms with Crippen molar-refractivity contribution in [3.8, 4) is 0 Å². The van der Waals surface area contributed by atoms with Gasteiger partial charge in [-0.05, 0) is 6.92 Å². The number of aryl methyl sites for hydroxylation is 1. The number of carbonyl (C=O) groups is 1. The van der Waals surface area contributed by atoms with E-state index in [0.717, 1.165) is 0 Å². The molecule has 0 unspecified atom stereocenters. The molecule has 6 nitrogen and oxygen atoms in total. The van der Waals surface area contributed by atoms with Crippen LogP contribution in [-0.4, -0.2) is 15.8 Å². The molecule has 7 heteroatoms. The first-order valence-corrected chi connectivity index (χ1v) is 2.39. The Balaban J connectivity index is 0.000001000. The molecule has 0 bridgehead atoms. The van der Waals surface area contributed by atoms with Gasteiger partial charge in [-0.1, -0.05) is 0 Å². The van der Waals surface area contributed by atoms with Crippen LogP contribution in [0.4, 0.5) is 4.79 Å². The molecule has 0 radical (unpaired) electrons. The minimum Gasteiger partial charge on any atom is -0.527 e. The summed E-state index contributed by atoms with van der Waals surface area (Å²) in [6, 6.07) is 0. The van der Waals surface area contributed by atoms with Crippen LogP contribution < -0.4 is 62.2 Å². The molecule has 0 aliphatic rings. The van der Waals surface area contributed by atoms with Crippen molar-refractivity contribution in [2.45, 2.75) is 6.92 Å². The number of carboxylic acid groups (broad SMARTS) is 1. The molecule has 1 aromatic rings. The van der Waals surface area contributed by atoms with Crippen LogP contribution in [0, 0.1) is 6.92 Å². The molecular formula is C4H3KN2O4. The van der Waals surface area contributed by atoms with E-state index in [-0.39, 0.29) is 57.2 Å². The van der Waals surface area contributed by atoms with Crippen LogP contribution in [-0.2, 0) is 0 Å². The van der Waals surface area contributed by atoms with Crippen LogP contribution in [0.15, 0.2) is 9.32 Å². The molecule has 0 saturated heterocycles. The molecule has 54 valence electrons. The van der Waals surface area contributed by atoms with Gasteiger partial charge in [0.2, 0.25) is 0 Å². The smallest absolute Gasteiger partial charge is 0.527 e. The second-order valence-corrected chi connectivity index (χ2v) is 1.58. The van der Waals surface area contributed by atoms with Crippen LogP contribution in [0.25, 0.3) is 0 Å². The second-order valence-electron chi connectivity index (χ2n) is 1.58. The molecule has 0 aromatic carbocycles. The van der Waals surface area contributed by atoms with Crippen molar-refractivity contribution in [1.29, 1.82) is 0 Å². The molecule has 0 amide bonds.